The van der Waals surface area contributed by atoms with Crippen molar-refractivity contribution in [1.82, 2.24) is 9.38 Å². The number of nitrogens with zero attached hydrogens (tertiary/aromatic N) is 2. The summed E-state index contributed by atoms with van der Waals surface area (Å²) in [5.41, 5.74) is -0.0565. The zero-order chi connectivity index (χ0) is 24.1. The van der Waals surface area contributed by atoms with Gasteiger partial charge in [0.25, 0.3) is 0 Å². The molecule has 4 rings (SSSR count). The second-order valence-electron chi connectivity index (χ2n) is 8.47. The van der Waals surface area contributed by atoms with E-state index in [0.29, 0.717) is 16.5 Å². The number of aromatic nitrogens is 2. The quantitative estimate of drug-likeness (QED) is 0.201. The van der Waals surface area contributed by atoms with E-state index in [1.54, 1.807) is 0 Å². The standard InChI is InChI=1S/C23H25N2.Ir/c1-22(2,3)15-7-9-17-18(13-15)19-14-16(23(4,5)6)8-10-20(19)25-12-11-24-21(17)25;/h7-8,10-14H,1-6H3;/q-1;/i7D,8D,10D,11D,12D,13D,14D;. The summed E-state index contributed by atoms with van der Waals surface area (Å²) in [6.45, 7) is 11.3. The van der Waals surface area contributed by atoms with Gasteiger partial charge in [-0.15, -0.1) is 29.1 Å². The topological polar surface area (TPSA) is 17.3 Å². The van der Waals surface area contributed by atoms with Crippen LogP contribution >= 0.6 is 0 Å². The largest absolute Gasteiger partial charge is 0.340 e. The van der Waals surface area contributed by atoms with Crippen molar-refractivity contribution >= 4 is 27.3 Å². The molecule has 3 heteroatoms. The Morgan fingerprint density at radius 3 is 2.27 bits per heavy atom. The number of hydrogen-bond donors (Lipinski definition) is 0. The molecule has 1 radical (unpaired) electrons. The van der Waals surface area contributed by atoms with Gasteiger partial charge in [-0.1, -0.05) is 59.0 Å². The molecule has 2 aromatic heterocycles. The summed E-state index contributed by atoms with van der Waals surface area (Å²) >= 11 is 0. The van der Waals surface area contributed by atoms with Crippen LogP contribution in [0, 0.1) is 6.07 Å². The van der Waals surface area contributed by atoms with Crippen LogP contribution in [0.25, 0.3) is 27.3 Å². The van der Waals surface area contributed by atoms with Crippen molar-refractivity contribution in [1.29, 1.82) is 0 Å². The first kappa shape index (κ1) is 11.9. The molecular formula is C23H25IrN2-. The fourth-order valence-corrected chi connectivity index (χ4v) is 2.82. The molecule has 0 aliphatic carbocycles. The number of fused-ring (bicyclic) bond motifs is 6. The van der Waals surface area contributed by atoms with Gasteiger partial charge in [-0.2, -0.15) is 0 Å². The maximum atomic E-state index is 9.05. The summed E-state index contributed by atoms with van der Waals surface area (Å²) in [6, 6.07) is 2.81. The molecule has 0 aliphatic heterocycles. The molecule has 0 fully saturated rings. The predicted molar refractivity (Wildman–Crippen MR) is 106 cm³/mol. The van der Waals surface area contributed by atoms with E-state index in [1.165, 1.54) is 4.40 Å². The third-order valence-electron chi connectivity index (χ3n) is 4.34. The minimum atomic E-state index is -0.604. The van der Waals surface area contributed by atoms with Crippen molar-refractivity contribution in [3.63, 3.8) is 0 Å². The zero-order valence-corrected chi connectivity index (χ0v) is 18.1. The summed E-state index contributed by atoms with van der Waals surface area (Å²) in [5.74, 6) is 0. The molecule has 0 atom stereocenters. The van der Waals surface area contributed by atoms with E-state index in [4.69, 9.17) is 9.60 Å². The minimum absolute atomic E-state index is 0. The van der Waals surface area contributed by atoms with E-state index in [-0.39, 0.29) is 84.6 Å². The Hall–Kier alpha value is -1.70. The van der Waals surface area contributed by atoms with Crippen molar-refractivity contribution in [2.75, 3.05) is 0 Å². The monoisotopic (exact) mass is 529 g/mol. The molecule has 26 heavy (non-hydrogen) atoms. The van der Waals surface area contributed by atoms with Gasteiger partial charge in [-0.05, 0) is 27.8 Å². The Bertz CT molecular complexity index is 1460. The number of imidazole rings is 1. The summed E-state index contributed by atoms with van der Waals surface area (Å²) < 4.78 is 61.8. The summed E-state index contributed by atoms with van der Waals surface area (Å²) in [6.07, 6.45) is -0.586. The second kappa shape index (κ2) is 6.18. The van der Waals surface area contributed by atoms with E-state index < -0.39 is 10.8 Å². The molecule has 2 nitrogen and oxygen atoms in total. The van der Waals surface area contributed by atoms with E-state index >= 15 is 0 Å². The smallest absolute Gasteiger partial charge is 0.0846 e. The van der Waals surface area contributed by atoms with Crippen LogP contribution in [0.2, 0.25) is 0 Å². The molecule has 0 spiro atoms. The van der Waals surface area contributed by atoms with Gasteiger partial charge < -0.3 is 4.40 Å². The number of rotatable bonds is 0. The normalized spacial score (nSPS) is 16.5. The fraction of sp³-hybridized carbons (Fsp3) is 0.348. The van der Waals surface area contributed by atoms with Gasteiger partial charge in [-0.3, -0.25) is 4.98 Å². The molecule has 0 saturated heterocycles. The average Bonchev–Trinajstić information content (AvgIpc) is 2.92. The van der Waals surface area contributed by atoms with Crippen molar-refractivity contribution in [2.45, 2.75) is 52.4 Å². The molecule has 0 N–H and O–H groups in total. The SMILES string of the molecule is [2H]c1[c-]c2c(c([2H])c1C(C)(C)C)c1c([2H])c(C(C)(C)C)c([2H])c([2H])c1n1c([2H])c([2H])nc21.[Ir]. The Kier molecular flexibility index (Phi) is 2.83. The molecule has 0 bridgehead atoms. The third kappa shape index (κ3) is 2.98. The second-order valence-corrected chi connectivity index (χ2v) is 8.47. The molecule has 4 aromatic rings. The maximum Gasteiger partial charge on any atom is 0.0846 e. The van der Waals surface area contributed by atoms with E-state index in [9.17, 15) is 0 Å². The fourth-order valence-electron chi connectivity index (χ4n) is 2.82. The number of pyridine rings is 1. The van der Waals surface area contributed by atoms with Crippen molar-refractivity contribution < 1.29 is 29.7 Å². The molecule has 0 saturated carbocycles. The Labute approximate surface area is 178 Å². The number of hydrogen-bond acceptors (Lipinski definition) is 1. The molecular weight excluding hydrogens is 496 g/mol. The van der Waals surface area contributed by atoms with Crippen LogP contribution < -0.4 is 0 Å². The van der Waals surface area contributed by atoms with Crippen molar-refractivity contribution in [3.05, 3.63) is 59.8 Å². The summed E-state index contributed by atoms with van der Waals surface area (Å²) in [4.78, 5) is 4.18. The van der Waals surface area contributed by atoms with Crippen LogP contribution in [0.1, 0.15) is 62.3 Å². The summed E-state index contributed by atoms with van der Waals surface area (Å²) in [7, 11) is 0. The molecule has 2 aromatic carbocycles. The average molecular weight is 529 g/mol. The van der Waals surface area contributed by atoms with Crippen molar-refractivity contribution in [2.24, 2.45) is 0 Å². The Morgan fingerprint density at radius 1 is 0.962 bits per heavy atom. The van der Waals surface area contributed by atoms with Gasteiger partial charge in [0.2, 0.25) is 0 Å². The van der Waals surface area contributed by atoms with Crippen LogP contribution in [0.3, 0.4) is 0 Å². The van der Waals surface area contributed by atoms with Crippen molar-refractivity contribution in [3.8, 4) is 0 Å². The van der Waals surface area contributed by atoms with Gasteiger partial charge in [0.05, 0.1) is 12.5 Å². The zero-order valence-electron chi connectivity index (χ0n) is 22.7. The van der Waals surface area contributed by atoms with Crippen LogP contribution in [0.15, 0.2) is 42.6 Å². The first-order valence-corrected chi connectivity index (χ1v) is 8.37. The van der Waals surface area contributed by atoms with E-state index in [1.807, 2.05) is 41.5 Å². The Morgan fingerprint density at radius 2 is 1.62 bits per heavy atom. The Balaban J connectivity index is 0.00000306. The van der Waals surface area contributed by atoms with Crippen LogP contribution in [-0.4, -0.2) is 9.38 Å². The predicted octanol–water partition coefficient (Wildman–Crippen LogP) is 6.03. The van der Waals surface area contributed by atoms with E-state index in [2.05, 4.69) is 11.1 Å². The van der Waals surface area contributed by atoms with Crippen LogP contribution in [0.5, 0.6) is 0 Å². The van der Waals surface area contributed by atoms with Crippen LogP contribution in [0.4, 0.5) is 0 Å². The molecule has 0 unspecified atom stereocenters. The van der Waals surface area contributed by atoms with Crippen LogP contribution in [-0.2, 0) is 30.9 Å². The minimum Gasteiger partial charge on any atom is -0.340 e. The molecule has 2 heterocycles. The van der Waals surface area contributed by atoms with E-state index in [0.717, 1.165) is 0 Å². The van der Waals surface area contributed by atoms with Gasteiger partial charge in [0.15, 0.2) is 0 Å². The molecule has 137 valence electrons. The van der Waals surface area contributed by atoms with Gasteiger partial charge in [0.1, 0.15) is 0 Å². The van der Waals surface area contributed by atoms with Gasteiger partial charge in [-0.25, -0.2) is 0 Å². The maximum absolute atomic E-state index is 9.05. The molecule has 0 amide bonds. The van der Waals surface area contributed by atoms with Gasteiger partial charge in [0, 0.05) is 40.7 Å². The molecule has 0 aliphatic rings. The number of benzene rings is 2. The summed E-state index contributed by atoms with van der Waals surface area (Å²) in [5, 5.41) is 0.858. The first-order valence-electron chi connectivity index (χ1n) is 11.9. The first-order chi connectivity index (χ1) is 14.6. The van der Waals surface area contributed by atoms with Gasteiger partial charge >= 0.3 is 0 Å². The third-order valence-corrected chi connectivity index (χ3v) is 4.34.